The van der Waals surface area contributed by atoms with Crippen LogP contribution in [0.25, 0.3) is 6.08 Å². The summed E-state index contributed by atoms with van der Waals surface area (Å²) < 4.78 is 23.0. The summed E-state index contributed by atoms with van der Waals surface area (Å²) in [5.74, 6) is 0.734. The summed E-state index contributed by atoms with van der Waals surface area (Å²) in [6.45, 7) is 5.86. The number of allylic oxidation sites excluding steroid dienone is 1. The Morgan fingerprint density at radius 2 is 1.16 bits per heavy atom. The molecule has 0 spiro atoms. The van der Waals surface area contributed by atoms with Gasteiger partial charge in [-0.3, -0.25) is 4.79 Å². The van der Waals surface area contributed by atoms with Crippen molar-refractivity contribution in [2.75, 3.05) is 14.2 Å². The van der Waals surface area contributed by atoms with Crippen LogP contribution in [0.4, 0.5) is 0 Å². The number of ether oxygens (including phenoxy) is 4. The highest BCUT2D eigenvalue weighted by Crippen LogP contribution is 2.49. The fourth-order valence-electron chi connectivity index (χ4n) is 6.22. The van der Waals surface area contributed by atoms with Crippen LogP contribution in [0, 0.1) is 0 Å². The van der Waals surface area contributed by atoms with Crippen LogP contribution < -0.4 is 18.9 Å². The molecule has 0 amide bonds. The van der Waals surface area contributed by atoms with Crippen molar-refractivity contribution in [1.82, 2.24) is 0 Å². The number of rotatable bonds is 28. The SMILES string of the molecule is CCCCCCCCCCCC=Cc1c(O)c(OC)cc(O)c1Oc1c(CCCCCCCCCCCCC)cc(OC(C)=O)cc1OC. The lowest BCUT2D eigenvalue weighted by Crippen LogP contribution is -2.04. The summed E-state index contributed by atoms with van der Waals surface area (Å²) in [6, 6.07) is 4.77. The molecular formula is C42H66O7. The van der Waals surface area contributed by atoms with Gasteiger partial charge in [0.1, 0.15) is 5.75 Å². The second-order valence-electron chi connectivity index (χ2n) is 13.3. The molecule has 0 bridgehead atoms. The predicted octanol–water partition coefficient (Wildman–Crippen LogP) is 12.6. The number of carbonyl (C=O) groups is 1. The van der Waals surface area contributed by atoms with Gasteiger partial charge in [-0.1, -0.05) is 142 Å². The van der Waals surface area contributed by atoms with Gasteiger partial charge in [0.15, 0.2) is 34.5 Å². The zero-order chi connectivity index (χ0) is 35.7. The molecular weight excluding hydrogens is 616 g/mol. The third kappa shape index (κ3) is 16.3. The van der Waals surface area contributed by atoms with Gasteiger partial charge in [0, 0.05) is 24.6 Å². The molecule has 0 atom stereocenters. The van der Waals surface area contributed by atoms with Gasteiger partial charge in [0.2, 0.25) is 0 Å². The number of aryl methyl sites for hydroxylation is 1. The van der Waals surface area contributed by atoms with E-state index in [-0.39, 0.29) is 23.0 Å². The van der Waals surface area contributed by atoms with Crippen molar-refractivity contribution >= 4 is 12.0 Å². The van der Waals surface area contributed by atoms with Crippen molar-refractivity contribution in [3.05, 3.63) is 35.4 Å². The maximum absolute atomic E-state index is 11.8. The van der Waals surface area contributed by atoms with Crippen LogP contribution in [-0.2, 0) is 11.2 Å². The number of unbranched alkanes of at least 4 members (excludes halogenated alkanes) is 19. The molecule has 0 heterocycles. The fraction of sp³-hybridized carbons (Fsp3) is 0.643. The van der Waals surface area contributed by atoms with Crippen molar-refractivity contribution in [1.29, 1.82) is 0 Å². The van der Waals surface area contributed by atoms with Crippen LogP contribution in [0.5, 0.6) is 40.2 Å². The molecule has 2 N–H and O–H groups in total. The van der Waals surface area contributed by atoms with Crippen LogP contribution >= 0.6 is 0 Å². The Morgan fingerprint density at radius 3 is 1.67 bits per heavy atom. The lowest BCUT2D eigenvalue weighted by Gasteiger charge is -2.19. The van der Waals surface area contributed by atoms with Gasteiger partial charge in [0.05, 0.1) is 19.8 Å². The number of aromatic hydroxyl groups is 2. The summed E-state index contributed by atoms with van der Waals surface area (Å²) >= 11 is 0. The Labute approximate surface area is 297 Å². The second kappa shape index (κ2) is 25.6. The van der Waals surface area contributed by atoms with Crippen molar-refractivity contribution in [3.63, 3.8) is 0 Å². The maximum Gasteiger partial charge on any atom is 0.308 e. The Kier molecular flexibility index (Phi) is 21.8. The first kappa shape index (κ1) is 41.8. The van der Waals surface area contributed by atoms with E-state index >= 15 is 0 Å². The molecule has 2 rings (SSSR count). The highest BCUT2D eigenvalue weighted by molar-refractivity contribution is 5.74. The lowest BCUT2D eigenvalue weighted by atomic mass is 10.0. The van der Waals surface area contributed by atoms with E-state index in [0.717, 1.165) is 44.1 Å². The molecule has 0 saturated carbocycles. The standard InChI is InChI=1S/C42H66O7/c1-6-8-10-12-14-16-18-20-22-24-26-28-34-30-35(48-33(3)43)31-39(47-5)41(34)49-42-36(40(45)38(46-4)32-37(42)44)29-27-25-23-21-19-17-15-13-11-9-7-2/h27,29-32,44-45H,6-26,28H2,1-5H3. The van der Waals surface area contributed by atoms with Gasteiger partial charge in [-0.25, -0.2) is 0 Å². The Balaban J connectivity index is 2.16. The molecule has 0 saturated heterocycles. The van der Waals surface area contributed by atoms with E-state index in [1.165, 1.54) is 124 Å². The summed E-state index contributed by atoms with van der Waals surface area (Å²) in [5.41, 5.74) is 1.13. The number of phenolic OH excluding ortho intramolecular Hbond substituents is 2. The lowest BCUT2D eigenvalue weighted by molar-refractivity contribution is -0.131. The van der Waals surface area contributed by atoms with Crippen LogP contribution in [0.3, 0.4) is 0 Å². The molecule has 0 aliphatic heterocycles. The summed E-state index contributed by atoms with van der Waals surface area (Å²) in [7, 11) is 2.98. The molecule has 7 heteroatoms. The zero-order valence-corrected chi connectivity index (χ0v) is 31.4. The van der Waals surface area contributed by atoms with Crippen molar-refractivity contribution < 1.29 is 34.0 Å². The average molecular weight is 683 g/mol. The number of carbonyl (C=O) groups excluding carboxylic acids is 1. The van der Waals surface area contributed by atoms with Crippen molar-refractivity contribution in [2.45, 2.75) is 162 Å². The topological polar surface area (TPSA) is 94.5 Å². The first-order valence-electron chi connectivity index (χ1n) is 19.2. The number of hydrogen-bond acceptors (Lipinski definition) is 7. The molecule has 0 unspecified atom stereocenters. The molecule has 0 radical (unpaired) electrons. The van der Waals surface area contributed by atoms with E-state index < -0.39 is 5.97 Å². The monoisotopic (exact) mass is 682 g/mol. The highest BCUT2D eigenvalue weighted by Gasteiger charge is 2.23. The van der Waals surface area contributed by atoms with E-state index in [4.69, 9.17) is 18.9 Å². The smallest absolute Gasteiger partial charge is 0.308 e. The maximum atomic E-state index is 11.8. The molecule has 0 aliphatic rings. The van der Waals surface area contributed by atoms with E-state index in [2.05, 4.69) is 13.8 Å². The first-order chi connectivity index (χ1) is 23.9. The van der Waals surface area contributed by atoms with Gasteiger partial charge >= 0.3 is 5.97 Å². The van der Waals surface area contributed by atoms with Gasteiger partial charge in [0.25, 0.3) is 0 Å². The Morgan fingerprint density at radius 1 is 0.653 bits per heavy atom. The molecule has 49 heavy (non-hydrogen) atoms. The minimum absolute atomic E-state index is 0.110. The molecule has 0 aliphatic carbocycles. The van der Waals surface area contributed by atoms with Crippen LogP contribution in [0.1, 0.15) is 167 Å². The Hall–Kier alpha value is -3.35. The third-order valence-corrected chi connectivity index (χ3v) is 9.05. The normalized spacial score (nSPS) is 11.3. The van der Waals surface area contributed by atoms with Crippen LogP contribution in [-0.4, -0.2) is 30.4 Å². The molecule has 2 aromatic rings. The average Bonchev–Trinajstić information content (AvgIpc) is 3.08. The van der Waals surface area contributed by atoms with Gasteiger partial charge in [-0.2, -0.15) is 0 Å². The number of hydrogen-bond donors (Lipinski definition) is 2. The third-order valence-electron chi connectivity index (χ3n) is 9.05. The summed E-state index contributed by atoms with van der Waals surface area (Å²) in [4.78, 5) is 11.8. The van der Waals surface area contributed by atoms with E-state index in [1.54, 1.807) is 18.2 Å². The minimum Gasteiger partial charge on any atom is -0.504 e. The summed E-state index contributed by atoms with van der Waals surface area (Å²) in [6.07, 6.45) is 30.2. The number of methoxy groups -OCH3 is 2. The number of phenols is 2. The highest BCUT2D eigenvalue weighted by atomic mass is 16.5. The van der Waals surface area contributed by atoms with Gasteiger partial charge in [-0.05, 0) is 31.7 Å². The minimum atomic E-state index is -0.423. The van der Waals surface area contributed by atoms with Crippen LogP contribution in [0.2, 0.25) is 0 Å². The van der Waals surface area contributed by atoms with E-state index in [0.29, 0.717) is 29.2 Å². The molecule has 276 valence electrons. The van der Waals surface area contributed by atoms with Gasteiger partial charge in [-0.15, -0.1) is 0 Å². The molecule has 7 nitrogen and oxygen atoms in total. The molecule has 0 aromatic heterocycles. The predicted molar refractivity (Wildman–Crippen MR) is 202 cm³/mol. The Bertz CT molecular complexity index is 1240. The number of benzene rings is 2. The van der Waals surface area contributed by atoms with Crippen LogP contribution in [0.15, 0.2) is 24.3 Å². The summed E-state index contributed by atoms with van der Waals surface area (Å²) in [5, 5.41) is 22.2. The largest absolute Gasteiger partial charge is 0.504 e. The van der Waals surface area contributed by atoms with Gasteiger partial charge < -0.3 is 29.2 Å². The van der Waals surface area contributed by atoms with E-state index in [9.17, 15) is 15.0 Å². The first-order valence-corrected chi connectivity index (χ1v) is 19.2. The fourth-order valence-corrected chi connectivity index (χ4v) is 6.22. The van der Waals surface area contributed by atoms with E-state index in [1.807, 2.05) is 6.08 Å². The van der Waals surface area contributed by atoms with Crippen molar-refractivity contribution in [2.24, 2.45) is 0 Å². The van der Waals surface area contributed by atoms with Crippen molar-refractivity contribution in [3.8, 4) is 40.2 Å². The zero-order valence-electron chi connectivity index (χ0n) is 31.4. The quantitative estimate of drug-likeness (QED) is 0.0399. The second-order valence-corrected chi connectivity index (χ2v) is 13.3. The molecule has 0 fully saturated rings. The number of esters is 1. The molecule has 2 aromatic carbocycles.